The van der Waals surface area contributed by atoms with Crippen molar-refractivity contribution in [3.8, 4) is 0 Å². The molecule has 3 fully saturated rings. The highest BCUT2D eigenvalue weighted by Gasteiger charge is 2.61. The van der Waals surface area contributed by atoms with E-state index in [1.165, 1.54) is 31.3 Å². The van der Waals surface area contributed by atoms with Gasteiger partial charge >= 0.3 is 5.97 Å². The van der Waals surface area contributed by atoms with Gasteiger partial charge in [0.25, 0.3) is 0 Å². The third-order valence-corrected chi connectivity index (χ3v) is 10.6. The molecule has 4 nitrogen and oxygen atoms in total. The van der Waals surface area contributed by atoms with Crippen molar-refractivity contribution in [2.24, 2.45) is 46.3 Å². The van der Waals surface area contributed by atoms with Gasteiger partial charge in [-0.25, -0.2) is 0 Å². The van der Waals surface area contributed by atoms with Crippen LogP contribution in [0.5, 0.6) is 0 Å². The Morgan fingerprint density at radius 3 is 2.52 bits per heavy atom. The topological polar surface area (TPSA) is 77.8 Å². The minimum atomic E-state index is -0.679. The summed E-state index contributed by atoms with van der Waals surface area (Å²) in [5.41, 5.74) is 1.76. The van der Waals surface area contributed by atoms with Gasteiger partial charge in [-0.2, -0.15) is 0 Å². The molecule has 4 aliphatic rings. The first kappa shape index (κ1) is 23.3. The maximum Gasteiger partial charge on any atom is 0.306 e. The normalized spacial score (nSPS) is 46.3. The molecule has 0 aromatic heterocycles. The van der Waals surface area contributed by atoms with E-state index in [4.69, 9.17) is 5.11 Å². The van der Waals surface area contributed by atoms with E-state index in [1.807, 2.05) is 6.92 Å². The molecule has 0 aromatic carbocycles. The van der Waals surface area contributed by atoms with Gasteiger partial charge in [-0.05, 0) is 91.8 Å². The van der Waals surface area contributed by atoms with Gasteiger partial charge in [0.2, 0.25) is 0 Å². The van der Waals surface area contributed by atoms with Crippen LogP contribution in [0.25, 0.3) is 0 Å². The summed E-state index contributed by atoms with van der Waals surface area (Å²) in [5.74, 6) is 1.83. The molecule has 10 atom stereocenters. The van der Waals surface area contributed by atoms with Gasteiger partial charge in [0.15, 0.2) is 0 Å². The minimum Gasteiger partial charge on any atom is -0.481 e. The van der Waals surface area contributed by atoms with Gasteiger partial charge in [-0.15, -0.1) is 0 Å². The lowest BCUT2D eigenvalue weighted by Crippen LogP contribution is -2.54. The summed E-state index contributed by atoms with van der Waals surface area (Å²) in [6, 6.07) is 0. The molecule has 31 heavy (non-hydrogen) atoms. The first-order valence-corrected chi connectivity index (χ1v) is 12.9. The standard InChI is InChI=1S/C27H44O4/c1-16(6-5-7-17(2)25(30)31)20-8-9-21-24-22(11-13-27(20,21)4)26(3)12-10-19(28)14-18(26)15-23(24)29/h15-17,19-24,28-29H,5-14H2,1-4H3,(H,30,31)/t16-,17?,19+,20-,21+,22+,23-,24+,26+,27-/m1/s1. The van der Waals surface area contributed by atoms with E-state index < -0.39 is 5.97 Å². The number of carboxylic acid groups (broad SMARTS) is 1. The third kappa shape index (κ3) is 3.90. The van der Waals surface area contributed by atoms with Crippen molar-refractivity contribution in [3.63, 3.8) is 0 Å². The van der Waals surface area contributed by atoms with Crippen molar-refractivity contribution in [1.82, 2.24) is 0 Å². The second-order valence-electron chi connectivity index (χ2n) is 12.2. The van der Waals surface area contributed by atoms with E-state index in [-0.39, 0.29) is 29.0 Å². The molecular weight excluding hydrogens is 388 g/mol. The van der Waals surface area contributed by atoms with Crippen LogP contribution in [0.1, 0.15) is 91.9 Å². The Bertz CT molecular complexity index is 716. The number of carboxylic acids is 1. The lowest BCUT2D eigenvalue weighted by Gasteiger charge is -2.59. The van der Waals surface area contributed by atoms with E-state index in [1.54, 1.807) is 0 Å². The molecule has 0 bridgehead atoms. The zero-order valence-corrected chi connectivity index (χ0v) is 20.0. The molecule has 1 unspecified atom stereocenters. The van der Waals surface area contributed by atoms with Crippen molar-refractivity contribution >= 4 is 5.97 Å². The van der Waals surface area contributed by atoms with Gasteiger partial charge in [0.1, 0.15) is 0 Å². The van der Waals surface area contributed by atoms with Gasteiger partial charge in [0, 0.05) is 0 Å². The molecule has 0 aromatic rings. The molecule has 4 aliphatic carbocycles. The Hall–Kier alpha value is -0.870. The molecule has 0 amide bonds. The van der Waals surface area contributed by atoms with Gasteiger partial charge in [-0.1, -0.05) is 52.2 Å². The summed E-state index contributed by atoms with van der Waals surface area (Å²) in [6.07, 6.45) is 12.0. The second-order valence-corrected chi connectivity index (χ2v) is 12.2. The molecule has 0 radical (unpaired) electrons. The molecular formula is C27H44O4. The highest BCUT2D eigenvalue weighted by atomic mass is 16.4. The number of hydrogen-bond acceptors (Lipinski definition) is 3. The Morgan fingerprint density at radius 2 is 1.81 bits per heavy atom. The molecule has 0 spiro atoms. The first-order valence-electron chi connectivity index (χ1n) is 12.9. The largest absolute Gasteiger partial charge is 0.481 e. The van der Waals surface area contributed by atoms with Crippen molar-refractivity contribution < 1.29 is 20.1 Å². The van der Waals surface area contributed by atoms with Crippen LogP contribution in [0.4, 0.5) is 0 Å². The lowest BCUT2D eigenvalue weighted by molar-refractivity contribution is -0.141. The molecule has 3 saturated carbocycles. The summed E-state index contributed by atoms with van der Waals surface area (Å²) < 4.78 is 0. The maximum atomic E-state index is 11.3. The lowest BCUT2D eigenvalue weighted by atomic mass is 9.46. The number of rotatable bonds is 6. The fourth-order valence-corrected chi connectivity index (χ4v) is 8.68. The summed E-state index contributed by atoms with van der Waals surface area (Å²) in [4.78, 5) is 11.1. The number of aliphatic hydroxyl groups excluding tert-OH is 2. The average Bonchev–Trinajstić information content (AvgIpc) is 3.06. The van der Waals surface area contributed by atoms with Crippen LogP contribution in [0, 0.1) is 46.3 Å². The van der Waals surface area contributed by atoms with Gasteiger partial charge < -0.3 is 15.3 Å². The van der Waals surface area contributed by atoms with Crippen LogP contribution in [-0.4, -0.2) is 33.5 Å². The SMILES string of the molecule is CC(CCC[C@@H](C)[C@H]1CC[C@H]2[C@@H]3[C@H](O)C=C4C[C@@H](O)CC[C@]4(C)[C@H]3CC[C@]12C)C(=O)O. The highest BCUT2D eigenvalue weighted by Crippen LogP contribution is 2.67. The van der Waals surface area contributed by atoms with E-state index in [0.717, 1.165) is 38.5 Å². The van der Waals surface area contributed by atoms with Crippen LogP contribution < -0.4 is 0 Å². The number of fused-ring (bicyclic) bond motifs is 5. The summed E-state index contributed by atoms with van der Waals surface area (Å²) >= 11 is 0. The number of aliphatic carboxylic acids is 1. The molecule has 0 aliphatic heterocycles. The molecule has 0 heterocycles. The monoisotopic (exact) mass is 432 g/mol. The quantitative estimate of drug-likeness (QED) is 0.490. The van der Waals surface area contributed by atoms with E-state index in [2.05, 4.69) is 26.8 Å². The zero-order chi connectivity index (χ0) is 22.6. The Morgan fingerprint density at radius 1 is 1.06 bits per heavy atom. The van der Waals surface area contributed by atoms with Crippen LogP contribution in [0.3, 0.4) is 0 Å². The van der Waals surface area contributed by atoms with Crippen molar-refractivity contribution in [1.29, 1.82) is 0 Å². The van der Waals surface area contributed by atoms with E-state index in [0.29, 0.717) is 29.6 Å². The Kier molecular flexibility index (Phi) is 6.37. The first-order chi connectivity index (χ1) is 14.6. The van der Waals surface area contributed by atoms with Crippen molar-refractivity contribution in [2.75, 3.05) is 0 Å². The zero-order valence-electron chi connectivity index (χ0n) is 20.0. The Labute approximate surface area is 188 Å². The van der Waals surface area contributed by atoms with Crippen molar-refractivity contribution in [2.45, 2.75) is 104 Å². The van der Waals surface area contributed by atoms with Crippen molar-refractivity contribution in [3.05, 3.63) is 11.6 Å². The minimum absolute atomic E-state index is 0.154. The molecule has 0 saturated heterocycles. The third-order valence-electron chi connectivity index (χ3n) is 10.6. The van der Waals surface area contributed by atoms with Crippen LogP contribution in [0.2, 0.25) is 0 Å². The predicted octanol–water partition coefficient (Wildman–Crippen LogP) is 5.42. The summed E-state index contributed by atoms with van der Waals surface area (Å²) in [7, 11) is 0. The predicted molar refractivity (Wildman–Crippen MR) is 122 cm³/mol. The molecule has 3 N–H and O–H groups in total. The number of carbonyl (C=O) groups is 1. The summed E-state index contributed by atoms with van der Waals surface area (Å²) in [5, 5.41) is 30.6. The maximum absolute atomic E-state index is 11.3. The average molecular weight is 433 g/mol. The molecule has 4 rings (SSSR count). The molecule has 176 valence electrons. The fourth-order valence-electron chi connectivity index (χ4n) is 8.68. The Balaban J connectivity index is 1.48. The summed E-state index contributed by atoms with van der Waals surface area (Å²) in [6.45, 7) is 9.11. The fraction of sp³-hybridized carbons (Fsp3) is 0.889. The number of aliphatic hydroxyl groups is 2. The van der Waals surface area contributed by atoms with Crippen LogP contribution >= 0.6 is 0 Å². The van der Waals surface area contributed by atoms with Gasteiger partial charge in [-0.3, -0.25) is 4.79 Å². The van der Waals surface area contributed by atoms with Crippen LogP contribution in [0.15, 0.2) is 11.6 Å². The highest BCUT2D eigenvalue weighted by molar-refractivity contribution is 5.69. The second kappa shape index (κ2) is 8.48. The van der Waals surface area contributed by atoms with Crippen LogP contribution in [-0.2, 0) is 4.79 Å². The number of hydrogen-bond donors (Lipinski definition) is 3. The van der Waals surface area contributed by atoms with Gasteiger partial charge in [0.05, 0.1) is 18.1 Å². The molecule has 4 heteroatoms. The smallest absolute Gasteiger partial charge is 0.306 e. The van der Waals surface area contributed by atoms with E-state index >= 15 is 0 Å². The van der Waals surface area contributed by atoms with E-state index in [9.17, 15) is 15.0 Å².